The Bertz CT molecular complexity index is 728. The van der Waals surface area contributed by atoms with E-state index in [2.05, 4.69) is 5.32 Å². The Kier molecular flexibility index (Phi) is 3.71. The van der Waals surface area contributed by atoms with Crippen molar-refractivity contribution in [1.82, 2.24) is 4.57 Å². The van der Waals surface area contributed by atoms with Crippen LogP contribution in [0.15, 0.2) is 29.1 Å². The summed E-state index contributed by atoms with van der Waals surface area (Å²) in [5, 5.41) is 11.4. The van der Waals surface area contributed by atoms with Crippen LogP contribution in [0.4, 0.5) is 5.69 Å². The van der Waals surface area contributed by atoms with Crippen molar-refractivity contribution in [2.24, 2.45) is 7.05 Å². The molecular formula is C13H12N2O4S. The molecule has 1 heterocycles. The van der Waals surface area contributed by atoms with Gasteiger partial charge in [0.15, 0.2) is 0 Å². The van der Waals surface area contributed by atoms with Crippen molar-refractivity contribution in [1.29, 1.82) is 0 Å². The number of thiazole rings is 1. The highest BCUT2D eigenvalue weighted by Gasteiger charge is 2.16. The van der Waals surface area contributed by atoms with Crippen molar-refractivity contribution in [3.05, 3.63) is 50.1 Å². The third kappa shape index (κ3) is 2.62. The van der Waals surface area contributed by atoms with E-state index in [1.54, 1.807) is 14.0 Å². The Hall–Kier alpha value is -2.41. The first kappa shape index (κ1) is 14.0. The molecule has 2 N–H and O–H groups in total. The van der Waals surface area contributed by atoms with E-state index < -0.39 is 5.97 Å². The number of carboxylic acids is 1. The van der Waals surface area contributed by atoms with Gasteiger partial charge in [0.2, 0.25) is 0 Å². The maximum Gasteiger partial charge on any atom is 0.335 e. The van der Waals surface area contributed by atoms with Gasteiger partial charge in [0.1, 0.15) is 4.88 Å². The zero-order chi connectivity index (χ0) is 14.9. The number of nitrogens with zero attached hydrogens (tertiary/aromatic N) is 1. The van der Waals surface area contributed by atoms with Crippen molar-refractivity contribution in [2.75, 3.05) is 5.32 Å². The molecule has 0 bridgehead atoms. The first-order chi connectivity index (χ1) is 9.40. The molecule has 0 fully saturated rings. The molecule has 0 aliphatic heterocycles. The van der Waals surface area contributed by atoms with Gasteiger partial charge in [-0.15, -0.1) is 0 Å². The Labute approximate surface area is 118 Å². The summed E-state index contributed by atoms with van der Waals surface area (Å²) in [5.41, 5.74) is 1.21. The number of aromatic nitrogens is 1. The van der Waals surface area contributed by atoms with Crippen LogP contribution in [-0.2, 0) is 7.05 Å². The minimum Gasteiger partial charge on any atom is -0.478 e. The summed E-state index contributed by atoms with van der Waals surface area (Å²) in [6.07, 6.45) is 0. The van der Waals surface area contributed by atoms with Crippen LogP contribution in [0, 0.1) is 6.92 Å². The number of hydrogen-bond acceptors (Lipinski definition) is 4. The number of benzene rings is 1. The fourth-order valence-electron chi connectivity index (χ4n) is 1.61. The lowest BCUT2D eigenvalue weighted by atomic mass is 10.2. The minimum absolute atomic E-state index is 0.142. The molecule has 104 valence electrons. The highest BCUT2D eigenvalue weighted by molar-refractivity contribution is 7.11. The average Bonchev–Trinajstić information content (AvgIpc) is 2.67. The zero-order valence-electron chi connectivity index (χ0n) is 10.8. The molecule has 0 atom stereocenters. The summed E-state index contributed by atoms with van der Waals surface area (Å²) in [5.74, 6) is -1.41. The van der Waals surface area contributed by atoms with Crippen molar-refractivity contribution < 1.29 is 14.7 Å². The van der Waals surface area contributed by atoms with Crippen molar-refractivity contribution in [2.45, 2.75) is 6.92 Å². The number of rotatable bonds is 3. The van der Waals surface area contributed by atoms with Gasteiger partial charge >= 0.3 is 10.8 Å². The number of carboxylic acid groups (broad SMARTS) is 1. The van der Waals surface area contributed by atoms with Crippen LogP contribution < -0.4 is 10.2 Å². The minimum atomic E-state index is -1.03. The largest absolute Gasteiger partial charge is 0.478 e. The molecule has 7 heteroatoms. The lowest BCUT2D eigenvalue weighted by molar-refractivity contribution is 0.0696. The molecule has 0 saturated carbocycles. The molecule has 1 aromatic carbocycles. The van der Waals surface area contributed by atoms with E-state index in [4.69, 9.17) is 5.11 Å². The normalized spacial score (nSPS) is 10.3. The highest BCUT2D eigenvalue weighted by atomic mass is 32.1. The number of nitrogens with one attached hydrogen (secondary N) is 1. The smallest absolute Gasteiger partial charge is 0.335 e. The van der Waals surface area contributed by atoms with Crippen LogP contribution in [0.2, 0.25) is 0 Å². The summed E-state index contributed by atoms with van der Waals surface area (Å²) < 4.78 is 1.41. The second-order valence-corrected chi connectivity index (χ2v) is 5.14. The predicted octanol–water partition coefficient (Wildman–Crippen LogP) is 1.71. The molecule has 6 nitrogen and oxygen atoms in total. The maximum atomic E-state index is 12.1. The van der Waals surface area contributed by atoms with Gasteiger partial charge in [-0.2, -0.15) is 0 Å². The highest BCUT2D eigenvalue weighted by Crippen LogP contribution is 2.15. The number of carbonyl (C=O) groups excluding carboxylic acids is 1. The van der Waals surface area contributed by atoms with Crippen LogP contribution in [0.5, 0.6) is 0 Å². The number of carbonyl (C=O) groups is 2. The molecule has 2 rings (SSSR count). The summed E-state index contributed by atoms with van der Waals surface area (Å²) in [4.78, 5) is 34.4. The van der Waals surface area contributed by atoms with Gasteiger partial charge in [-0.3, -0.25) is 9.59 Å². The van der Waals surface area contributed by atoms with Crippen LogP contribution in [0.25, 0.3) is 0 Å². The Balaban J connectivity index is 2.21. The number of anilines is 1. The lowest BCUT2D eigenvalue weighted by Crippen LogP contribution is -2.13. The monoisotopic (exact) mass is 292 g/mol. The molecule has 0 unspecified atom stereocenters. The third-order valence-corrected chi connectivity index (χ3v) is 4.02. The third-order valence-electron chi connectivity index (χ3n) is 2.89. The molecule has 1 amide bonds. The fourth-order valence-corrected chi connectivity index (χ4v) is 2.49. The Morgan fingerprint density at radius 3 is 2.30 bits per heavy atom. The Morgan fingerprint density at radius 1 is 1.25 bits per heavy atom. The van der Waals surface area contributed by atoms with Crippen molar-refractivity contribution in [3.8, 4) is 0 Å². The van der Waals surface area contributed by atoms with Gasteiger partial charge in [-0.1, -0.05) is 11.3 Å². The van der Waals surface area contributed by atoms with Crippen molar-refractivity contribution in [3.63, 3.8) is 0 Å². The van der Waals surface area contributed by atoms with Crippen LogP contribution in [0.3, 0.4) is 0 Å². The van der Waals surface area contributed by atoms with E-state index in [1.807, 2.05) is 0 Å². The van der Waals surface area contributed by atoms with Crippen molar-refractivity contribution >= 4 is 28.9 Å². The zero-order valence-corrected chi connectivity index (χ0v) is 11.7. The van der Waals surface area contributed by atoms with Gasteiger partial charge < -0.3 is 15.0 Å². The van der Waals surface area contributed by atoms with E-state index in [-0.39, 0.29) is 16.3 Å². The number of aromatic carboxylic acids is 1. The molecule has 1 aromatic heterocycles. The topological polar surface area (TPSA) is 88.4 Å². The standard InChI is InChI=1S/C13H12N2O4S/c1-7-10(20-13(19)15(7)2)11(16)14-9-5-3-8(4-6-9)12(17)18/h3-6H,1-2H3,(H,14,16)(H,17,18). The molecular weight excluding hydrogens is 280 g/mol. The number of hydrogen-bond donors (Lipinski definition) is 2. The molecule has 0 radical (unpaired) electrons. The second kappa shape index (κ2) is 5.30. The molecule has 20 heavy (non-hydrogen) atoms. The van der Waals surface area contributed by atoms with Crippen LogP contribution in [-0.4, -0.2) is 21.6 Å². The average molecular weight is 292 g/mol. The lowest BCUT2D eigenvalue weighted by Gasteiger charge is -2.05. The molecule has 0 aliphatic carbocycles. The van der Waals surface area contributed by atoms with E-state index in [0.29, 0.717) is 16.3 Å². The van der Waals surface area contributed by atoms with Crippen LogP contribution >= 0.6 is 11.3 Å². The molecule has 0 spiro atoms. The Morgan fingerprint density at radius 2 is 1.85 bits per heavy atom. The summed E-state index contributed by atoms with van der Waals surface area (Å²) >= 11 is 0.878. The quantitative estimate of drug-likeness (QED) is 0.901. The fraction of sp³-hybridized carbons (Fsp3) is 0.154. The molecule has 0 aliphatic rings. The summed E-state index contributed by atoms with van der Waals surface area (Å²) in [6.45, 7) is 1.69. The van der Waals surface area contributed by atoms with Gasteiger partial charge in [0.05, 0.1) is 5.56 Å². The van der Waals surface area contributed by atoms with Gasteiger partial charge in [0, 0.05) is 18.4 Å². The van der Waals surface area contributed by atoms with E-state index >= 15 is 0 Å². The van der Waals surface area contributed by atoms with E-state index in [0.717, 1.165) is 11.3 Å². The SMILES string of the molecule is Cc1c(C(=O)Nc2ccc(C(=O)O)cc2)sc(=O)n1C. The summed E-state index contributed by atoms with van der Waals surface area (Å²) in [6, 6.07) is 5.81. The second-order valence-electron chi connectivity index (χ2n) is 4.18. The van der Waals surface area contributed by atoms with Crippen LogP contribution in [0.1, 0.15) is 25.7 Å². The summed E-state index contributed by atoms with van der Waals surface area (Å²) in [7, 11) is 1.60. The van der Waals surface area contributed by atoms with Gasteiger partial charge in [0.25, 0.3) is 5.91 Å². The van der Waals surface area contributed by atoms with Gasteiger partial charge in [-0.05, 0) is 31.2 Å². The van der Waals surface area contributed by atoms with Gasteiger partial charge in [-0.25, -0.2) is 4.79 Å². The van der Waals surface area contributed by atoms with E-state index in [9.17, 15) is 14.4 Å². The molecule has 2 aromatic rings. The maximum absolute atomic E-state index is 12.1. The molecule has 0 saturated heterocycles. The first-order valence-corrected chi connectivity index (χ1v) is 6.53. The predicted molar refractivity (Wildman–Crippen MR) is 75.7 cm³/mol. The van der Waals surface area contributed by atoms with E-state index in [1.165, 1.54) is 28.8 Å². The number of amides is 1. The first-order valence-electron chi connectivity index (χ1n) is 5.71.